The second-order valence-corrected chi connectivity index (χ2v) is 6.64. The molecule has 0 aromatic rings. The summed E-state index contributed by atoms with van der Waals surface area (Å²) in [4.78, 5) is 19.0. The van der Waals surface area contributed by atoms with E-state index in [0.717, 1.165) is 0 Å². The zero-order valence-corrected chi connectivity index (χ0v) is 16.8. The molecule has 0 aliphatic carbocycles. The topological polar surface area (TPSA) is 77.4 Å². The van der Waals surface area contributed by atoms with Crippen LogP contribution in [0.4, 0.5) is 0 Å². The minimum absolute atomic E-state index is 0.447. The van der Waals surface area contributed by atoms with Crippen LogP contribution in [0.1, 0.15) is 79.1 Å². The van der Waals surface area contributed by atoms with Crippen LogP contribution in [0.3, 0.4) is 0 Å². The van der Waals surface area contributed by atoms with Crippen LogP contribution in [0.25, 0.3) is 0 Å². The lowest BCUT2D eigenvalue weighted by Crippen LogP contribution is -2.50. The summed E-state index contributed by atoms with van der Waals surface area (Å²) in [5.74, 6) is -2.80. The van der Waals surface area contributed by atoms with Gasteiger partial charge in [0.2, 0.25) is 0 Å². The fourth-order valence-electron chi connectivity index (χ4n) is 2.78. The monoisotopic (exact) mass is 357 g/mol. The molecule has 0 rings (SSSR count). The van der Waals surface area contributed by atoms with E-state index in [1.165, 1.54) is 82.0 Å². The normalized spacial score (nSPS) is 11.2. The van der Waals surface area contributed by atoms with Gasteiger partial charge in [0.05, 0.1) is 32.1 Å². The summed E-state index contributed by atoms with van der Waals surface area (Å²) in [6.07, 6.45) is 12.0. The largest absolute Gasteiger partial charge is 0.545 e. The molecule has 0 saturated heterocycles. The molecule has 0 aromatic carbocycles. The first-order valence-electron chi connectivity index (χ1n) is 9.84. The summed E-state index contributed by atoms with van der Waals surface area (Å²) >= 11 is 0. The molecule has 5 nitrogen and oxygen atoms in total. The van der Waals surface area contributed by atoms with E-state index < -0.39 is 11.9 Å². The lowest BCUT2D eigenvalue weighted by Gasteiger charge is -2.39. The number of carbonyl (C=O) groups excluding carboxylic acids is 1. The highest BCUT2D eigenvalue weighted by Gasteiger charge is 2.24. The Kier molecular flexibility index (Phi) is 18.1. The minimum Gasteiger partial charge on any atom is -0.545 e. The third kappa shape index (κ3) is 17.3. The number of quaternary nitrogens is 1. The molecule has 0 amide bonds. The number of aliphatic carboxylic acids is 2. The molecule has 148 valence electrons. The number of carbonyl (C=O) groups is 2. The lowest BCUT2D eigenvalue weighted by atomic mass is 10.1. The molecule has 0 aromatic heterocycles. The Hall–Kier alpha value is -1.36. The molecule has 0 aliphatic heterocycles. The second kappa shape index (κ2) is 17.5. The lowest BCUT2D eigenvalue weighted by molar-refractivity contribution is -0.929. The number of hydrogen-bond donors (Lipinski definition) is 1. The second-order valence-electron chi connectivity index (χ2n) is 6.64. The van der Waals surface area contributed by atoms with E-state index in [4.69, 9.17) is 5.11 Å². The number of rotatable bonds is 14. The number of nitrogens with zero attached hydrogens (tertiary/aromatic N) is 1. The molecule has 0 aliphatic rings. The Labute approximate surface area is 154 Å². The zero-order chi connectivity index (χ0) is 19.6. The number of carboxylic acids is 2. The molecule has 0 unspecified atom stereocenters. The van der Waals surface area contributed by atoms with Crippen LogP contribution in [0, 0.1) is 0 Å². The summed E-state index contributed by atoms with van der Waals surface area (Å²) in [6, 6.07) is 0. The first-order chi connectivity index (χ1) is 11.9. The van der Waals surface area contributed by atoms with Gasteiger partial charge in [-0.15, -0.1) is 0 Å². The van der Waals surface area contributed by atoms with Crippen LogP contribution in [-0.2, 0) is 9.59 Å². The Morgan fingerprint density at radius 3 is 1.24 bits per heavy atom. The van der Waals surface area contributed by atoms with Crippen LogP contribution in [0.15, 0.2) is 12.2 Å². The van der Waals surface area contributed by atoms with Gasteiger partial charge in [-0.05, 0) is 31.8 Å². The highest BCUT2D eigenvalue weighted by Crippen LogP contribution is 2.16. The Balaban J connectivity index is 0. The van der Waals surface area contributed by atoms with Crippen LogP contribution < -0.4 is 5.11 Å². The van der Waals surface area contributed by atoms with E-state index in [1.807, 2.05) is 0 Å². The van der Waals surface area contributed by atoms with Crippen LogP contribution in [-0.4, -0.2) is 47.7 Å². The Bertz CT molecular complexity index is 313. The van der Waals surface area contributed by atoms with Gasteiger partial charge < -0.3 is 19.5 Å². The van der Waals surface area contributed by atoms with Gasteiger partial charge in [-0.1, -0.05) is 53.4 Å². The summed E-state index contributed by atoms with van der Waals surface area (Å²) in [5, 5.41) is 17.2. The van der Waals surface area contributed by atoms with Gasteiger partial charge in [-0.25, -0.2) is 4.79 Å². The van der Waals surface area contributed by atoms with Crippen molar-refractivity contribution >= 4 is 11.9 Å². The van der Waals surface area contributed by atoms with Crippen LogP contribution >= 0.6 is 0 Å². The Morgan fingerprint density at radius 2 is 1.08 bits per heavy atom. The summed E-state index contributed by atoms with van der Waals surface area (Å²) in [6.45, 7) is 15.0. The summed E-state index contributed by atoms with van der Waals surface area (Å²) in [7, 11) is 0. The van der Waals surface area contributed by atoms with Crippen LogP contribution in [0.2, 0.25) is 0 Å². The van der Waals surface area contributed by atoms with Gasteiger partial charge in [-0.2, -0.15) is 0 Å². The molecular weight excluding hydrogens is 318 g/mol. The molecular formula is C20H39NO4. The molecule has 5 heteroatoms. The first-order valence-corrected chi connectivity index (χ1v) is 9.84. The van der Waals surface area contributed by atoms with Gasteiger partial charge in [0.1, 0.15) is 0 Å². The molecule has 0 heterocycles. The van der Waals surface area contributed by atoms with E-state index >= 15 is 0 Å². The highest BCUT2D eigenvalue weighted by atomic mass is 16.4. The third-order valence-electron chi connectivity index (χ3n) is 4.31. The van der Waals surface area contributed by atoms with E-state index in [-0.39, 0.29) is 0 Å². The molecule has 0 radical (unpaired) electrons. The number of hydrogen-bond acceptors (Lipinski definition) is 3. The van der Waals surface area contributed by atoms with E-state index in [0.29, 0.717) is 12.2 Å². The number of unbranched alkanes of at least 4 members (excludes halogenated alkanes) is 4. The average molecular weight is 358 g/mol. The SMILES string of the molecule is CCCC[N+](CCCC)(CCCC)CCCC.O=C([O-])C=CC(=O)O. The predicted molar refractivity (Wildman–Crippen MR) is 101 cm³/mol. The average Bonchev–Trinajstić information content (AvgIpc) is 2.59. The number of carboxylic acid groups (broad SMARTS) is 2. The highest BCUT2D eigenvalue weighted by molar-refractivity contribution is 5.88. The van der Waals surface area contributed by atoms with E-state index in [1.54, 1.807) is 0 Å². The van der Waals surface area contributed by atoms with Crippen molar-refractivity contribution in [3.05, 3.63) is 12.2 Å². The molecule has 0 atom stereocenters. The molecule has 1 N–H and O–H groups in total. The third-order valence-corrected chi connectivity index (χ3v) is 4.31. The van der Waals surface area contributed by atoms with Crippen molar-refractivity contribution in [2.24, 2.45) is 0 Å². The van der Waals surface area contributed by atoms with Gasteiger partial charge in [0.15, 0.2) is 0 Å². The zero-order valence-electron chi connectivity index (χ0n) is 16.8. The van der Waals surface area contributed by atoms with Gasteiger partial charge in [0.25, 0.3) is 0 Å². The quantitative estimate of drug-likeness (QED) is 0.382. The van der Waals surface area contributed by atoms with Crippen molar-refractivity contribution in [3.8, 4) is 0 Å². The summed E-state index contributed by atoms with van der Waals surface area (Å²) < 4.78 is 1.42. The van der Waals surface area contributed by atoms with Crippen molar-refractivity contribution in [3.63, 3.8) is 0 Å². The van der Waals surface area contributed by atoms with Crippen molar-refractivity contribution in [2.75, 3.05) is 26.2 Å². The maximum atomic E-state index is 9.53. The standard InChI is InChI=1S/C16H36N.C4H4O4/c1-5-9-13-17(14-10-6-2,15-11-7-3)16-12-8-4;5-3(6)1-2-4(7)8/h5-16H2,1-4H3;1-2H,(H,5,6)(H,7,8)/q+1;/p-1. The van der Waals surface area contributed by atoms with Gasteiger partial charge >= 0.3 is 5.97 Å². The summed E-state index contributed by atoms with van der Waals surface area (Å²) in [5.41, 5.74) is 0. The van der Waals surface area contributed by atoms with Crippen molar-refractivity contribution < 1.29 is 24.3 Å². The maximum absolute atomic E-state index is 9.53. The van der Waals surface area contributed by atoms with Crippen LogP contribution in [0.5, 0.6) is 0 Å². The molecule has 0 bridgehead atoms. The molecule has 25 heavy (non-hydrogen) atoms. The first kappa shape index (κ1) is 25.9. The van der Waals surface area contributed by atoms with E-state index in [9.17, 15) is 14.7 Å². The minimum atomic E-state index is -1.51. The molecule has 0 saturated carbocycles. The smallest absolute Gasteiger partial charge is 0.328 e. The Morgan fingerprint density at radius 1 is 0.760 bits per heavy atom. The maximum Gasteiger partial charge on any atom is 0.328 e. The van der Waals surface area contributed by atoms with Crippen molar-refractivity contribution in [1.82, 2.24) is 0 Å². The fourth-order valence-corrected chi connectivity index (χ4v) is 2.78. The van der Waals surface area contributed by atoms with Gasteiger partial charge in [0, 0.05) is 6.08 Å². The predicted octanol–water partition coefficient (Wildman–Crippen LogP) is 3.38. The van der Waals surface area contributed by atoms with Crippen molar-refractivity contribution in [2.45, 2.75) is 79.1 Å². The molecule has 0 spiro atoms. The fraction of sp³-hybridized carbons (Fsp3) is 0.800. The molecule has 0 fully saturated rings. The van der Waals surface area contributed by atoms with Crippen molar-refractivity contribution in [1.29, 1.82) is 0 Å². The van der Waals surface area contributed by atoms with Gasteiger partial charge in [-0.3, -0.25) is 0 Å². The van der Waals surface area contributed by atoms with E-state index in [2.05, 4.69) is 27.7 Å².